The van der Waals surface area contributed by atoms with Crippen LogP contribution in [0.1, 0.15) is 5.56 Å². The maximum atomic E-state index is 12.8. The first-order valence-electron chi connectivity index (χ1n) is 5.95. The Morgan fingerprint density at radius 2 is 1.79 bits per heavy atom. The van der Waals surface area contributed by atoms with Crippen molar-refractivity contribution in [1.29, 1.82) is 0 Å². The van der Waals surface area contributed by atoms with Crippen LogP contribution in [-0.2, 0) is 6.42 Å². The summed E-state index contributed by atoms with van der Waals surface area (Å²) >= 11 is 5.08. The van der Waals surface area contributed by atoms with Gasteiger partial charge in [-0.1, -0.05) is 24.3 Å². The van der Waals surface area contributed by atoms with Gasteiger partial charge in [-0.15, -0.1) is 11.8 Å². The van der Waals surface area contributed by atoms with Crippen molar-refractivity contribution in [1.82, 2.24) is 0 Å². The second kappa shape index (κ2) is 7.08. The van der Waals surface area contributed by atoms with Gasteiger partial charge < -0.3 is 5.11 Å². The SMILES string of the molecule is OC(CSc1ccccc1Br)Cc1ccc(F)cc1. The Morgan fingerprint density at radius 3 is 2.47 bits per heavy atom. The van der Waals surface area contributed by atoms with Gasteiger partial charge in [-0.3, -0.25) is 0 Å². The molecule has 19 heavy (non-hydrogen) atoms. The summed E-state index contributed by atoms with van der Waals surface area (Å²) in [5.41, 5.74) is 0.946. The zero-order valence-corrected chi connectivity index (χ0v) is 12.6. The summed E-state index contributed by atoms with van der Waals surface area (Å²) in [6, 6.07) is 14.2. The zero-order valence-electron chi connectivity index (χ0n) is 10.2. The van der Waals surface area contributed by atoms with Gasteiger partial charge in [0, 0.05) is 15.1 Å². The second-order valence-corrected chi connectivity index (χ2v) is 6.14. The van der Waals surface area contributed by atoms with Crippen LogP contribution in [0.2, 0.25) is 0 Å². The van der Waals surface area contributed by atoms with E-state index in [0.717, 1.165) is 14.9 Å². The Hall–Kier alpha value is -0.840. The first kappa shape index (κ1) is 14.6. The van der Waals surface area contributed by atoms with E-state index in [1.807, 2.05) is 24.3 Å². The molecule has 0 fully saturated rings. The van der Waals surface area contributed by atoms with E-state index in [0.29, 0.717) is 12.2 Å². The summed E-state index contributed by atoms with van der Waals surface area (Å²) in [5, 5.41) is 9.99. The third-order valence-electron chi connectivity index (χ3n) is 2.65. The summed E-state index contributed by atoms with van der Waals surface area (Å²) in [6.45, 7) is 0. The highest BCUT2D eigenvalue weighted by Gasteiger charge is 2.08. The van der Waals surface area contributed by atoms with Crippen LogP contribution >= 0.6 is 27.7 Å². The molecule has 0 bridgehead atoms. The molecule has 1 nitrogen and oxygen atoms in total. The van der Waals surface area contributed by atoms with E-state index in [-0.39, 0.29) is 5.82 Å². The van der Waals surface area contributed by atoms with E-state index in [1.165, 1.54) is 12.1 Å². The Bertz CT molecular complexity index is 530. The summed E-state index contributed by atoms with van der Waals surface area (Å²) in [5.74, 6) is 0.362. The Balaban J connectivity index is 1.86. The molecule has 0 amide bonds. The minimum Gasteiger partial charge on any atom is -0.392 e. The molecule has 1 N–H and O–H groups in total. The molecule has 0 aliphatic heterocycles. The molecule has 0 aliphatic carbocycles. The van der Waals surface area contributed by atoms with Crippen molar-refractivity contribution in [2.24, 2.45) is 0 Å². The van der Waals surface area contributed by atoms with Gasteiger partial charge in [0.25, 0.3) is 0 Å². The van der Waals surface area contributed by atoms with E-state index in [9.17, 15) is 9.50 Å². The van der Waals surface area contributed by atoms with Crippen molar-refractivity contribution < 1.29 is 9.50 Å². The van der Waals surface area contributed by atoms with Gasteiger partial charge in [0.1, 0.15) is 5.82 Å². The number of aliphatic hydroxyl groups excluding tert-OH is 1. The molecule has 0 saturated carbocycles. The van der Waals surface area contributed by atoms with E-state index in [2.05, 4.69) is 15.9 Å². The molecule has 2 aromatic rings. The largest absolute Gasteiger partial charge is 0.392 e. The van der Waals surface area contributed by atoms with Crippen molar-refractivity contribution in [2.75, 3.05) is 5.75 Å². The van der Waals surface area contributed by atoms with E-state index >= 15 is 0 Å². The summed E-state index contributed by atoms with van der Waals surface area (Å²) < 4.78 is 13.8. The number of benzene rings is 2. The quantitative estimate of drug-likeness (QED) is 0.819. The molecule has 2 rings (SSSR count). The smallest absolute Gasteiger partial charge is 0.123 e. The van der Waals surface area contributed by atoms with Crippen LogP contribution < -0.4 is 0 Å². The number of hydrogen-bond donors (Lipinski definition) is 1. The fourth-order valence-electron chi connectivity index (χ4n) is 1.70. The van der Waals surface area contributed by atoms with Crippen LogP contribution in [-0.4, -0.2) is 17.0 Å². The predicted octanol–water partition coefficient (Wildman–Crippen LogP) is 4.28. The molecule has 1 atom stereocenters. The topological polar surface area (TPSA) is 20.2 Å². The Kier molecular flexibility index (Phi) is 5.43. The molecule has 0 aliphatic rings. The van der Waals surface area contributed by atoms with Gasteiger partial charge in [0.2, 0.25) is 0 Å². The second-order valence-electron chi connectivity index (χ2n) is 4.23. The molecule has 2 aromatic carbocycles. The Morgan fingerprint density at radius 1 is 1.11 bits per heavy atom. The van der Waals surface area contributed by atoms with Crippen LogP contribution in [0.5, 0.6) is 0 Å². The highest BCUT2D eigenvalue weighted by molar-refractivity contribution is 9.10. The van der Waals surface area contributed by atoms with Crippen molar-refractivity contribution >= 4 is 27.7 Å². The van der Waals surface area contributed by atoms with Gasteiger partial charge in [0.15, 0.2) is 0 Å². The standard InChI is InChI=1S/C15H14BrFOS/c16-14-3-1-2-4-15(14)19-10-13(18)9-11-5-7-12(17)8-6-11/h1-8,13,18H,9-10H2. The number of hydrogen-bond acceptors (Lipinski definition) is 2. The fourth-order valence-corrected chi connectivity index (χ4v) is 3.20. The van der Waals surface area contributed by atoms with Gasteiger partial charge in [-0.2, -0.15) is 0 Å². The lowest BCUT2D eigenvalue weighted by molar-refractivity contribution is 0.200. The molecule has 0 saturated heterocycles. The van der Waals surface area contributed by atoms with Gasteiger partial charge in [-0.05, 0) is 52.2 Å². The Labute approximate surface area is 125 Å². The number of rotatable bonds is 5. The lowest BCUT2D eigenvalue weighted by Gasteiger charge is -2.11. The monoisotopic (exact) mass is 340 g/mol. The highest BCUT2D eigenvalue weighted by Crippen LogP contribution is 2.27. The number of halogens is 2. The molecule has 0 spiro atoms. The van der Waals surface area contributed by atoms with E-state index in [4.69, 9.17) is 0 Å². The summed E-state index contributed by atoms with van der Waals surface area (Å²) in [7, 11) is 0. The van der Waals surface area contributed by atoms with Crippen LogP contribution in [0.4, 0.5) is 4.39 Å². The van der Waals surface area contributed by atoms with Gasteiger partial charge >= 0.3 is 0 Å². The van der Waals surface area contributed by atoms with Crippen LogP contribution in [0, 0.1) is 5.82 Å². The third kappa shape index (κ3) is 4.64. The predicted molar refractivity (Wildman–Crippen MR) is 81.0 cm³/mol. The average Bonchev–Trinajstić information content (AvgIpc) is 2.40. The van der Waals surface area contributed by atoms with Crippen LogP contribution in [0.15, 0.2) is 57.9 Å². The number of aliphatic hydroxyl groups is 1. The van der Waals surface area contributed by atoms with Crippen LogP contribution in [0.25, 0.3) is 0 Å². The molecule has 4 heteroatoms. The molecule has 0 heterocycles. The molecule has 0 radical (unpaired) electrons. The van der Waals surface area contributed by atoms with E-state index < -0.39 is 6.10 Å². The normalized spacial score (nSPS) is 12.4. The average molecular weight is 341 g/mol. The molecular weight excluding hydrogens is 327 g/mol. The summed E-state index contributed by atoms with van der Waals surface area (Å²) in [4.78, 5) is 1.11. The lowest BCUT2D eigenvalue weighted by atomic mass is 10.1. The van der Waals surface area contributed by atoms with Gasteiger partial charge in [-0.25, -0.2) is 4.39 Å². The van der Waals surface area contributed by atoms with Crippen molar-refractivity contribution in [3.8, 4) is 0 Å². The highest BCUT2D eigenvalue weighted by atomic mass is 79.9. The lowest BCUT2D eigenvalue weighted by Crippen LogP contribution is -2.13. The number of thioether (sulfide) groups is 1. The first-order chi connectivity index (χ1) is 9.15. The fraction of sp³-hybridized carbons (Fsp3) is 0.200. The third-order valence-corrected chi connectivity index (χ3v) is 4.82. The zero-order chi connectivity index (χ0) is 13.7. The van der Waals surface area contributed by atoms with Crippen molar-refractivity contribution in [2.45, 2.75) is 17.4 Å². The van der Waals surface area contributed by atoms with Gasteiger partial charge in [0.05, 0.1) is 6.10 Å². The maximum Gasteiger partial charge on any atom is 0.123 e. The summed E-state index contributed by atoms with van der Waals surface area (Å²) in [6.07, 6.45) is 0.0974. The minimum absolute atomic E-state index is 0.249. The maximum absolute atomic E-state index is 12.8. The van der Waals surface area contributed by atoms with Crippen LogP contribution in [0.3, 0.4) is 0 Å². The van der Waals surface area contributed by atoms with Crippen molar-refractivity contribution in [3.63, 3.8) is 0 Å². The molecule has 0 aromatic heterocycles. The van der Waals surface area contributed by atoms with Crippen molar-refractivity contribution in [3.05, 3.63) is 64.4 Å². The van der Waals surface area contributed by atoms with E-state index in [1.54, 1.807) is 23.9 Å². The molecular formula is C15H14BrFOS. The molecule has 1 unspecified atom stereocenters. The first-order valence-corrected chi connectivity index (χ1v) is 7.73. The minimum atomic E-state index is -0.442. The molecule has 100 valence electrons.